The van der Waals surface area contributed by atoms with Crippen molar-refractivity contribution in [3.63, 3.8) is 0 Å². The van der Waals surface area contributed by atoms with E-state index in [0.29, 0.717) is 11.9 Å². The predicted molar refractivity (Wildman–Crippen MR) is 119 cm³/mol. The molecule has 3 rings (SSSR count). The minimum atomic E-state index is 0.147. The number of carbonyl (C=O) groups excluding carboxylic acids is 1. The Labute approximate surface area is 171 Å². The molecule has 0 unspecified atom stereocenters. The lowest BCUT2D eigenvalue weighted by atomic mass is 9.82. The number of hydrogen-bond donors (Lipinski definition) is 0. The Kier molecular flexibility index (Phi) is 9.63. The van der Waals surface area contributed by atoms with Crippen LogP contribution in [0.25, 0.3) is 0 Å². The first-order chi connectivity index (χ1) is 13.7. The molecule has 0 N–H and O–H groups in total. The predicted octanol–water partition coefficient (Wildman–Crippen LogP) is 6.87. The summed E-state index contributed by atoms with van der Waals surface area (Å²) in [6.45, 7) is 6.22. The average molecular weight is 384 g/mol. The van der Waals surface area contributed by atoms with Crippen molar-refractivity contribution in [1.82, 2.24) is 0 Å². The van der Waals surface area contributed by atoms with Crippen molar-refractivity contribution in [1.29, 1.82) is 0 Å². The molecule has 2 aliphatic rings. The first kappa shape index (κ1) is 22.5. The maximum atomic E-state index is 12.9. The van der Waals surface area contributed by atoms with Crippen LogP contribution in [0.2, 0.25) is 0 Å². The maximum absolute atomic E-state index is 12.9. The van der Waals surface area contributed by atoms with E-state index in [2.05, 4.69) is 25.1 Å². The molecule has 1 aliphatic heterocycles. The lowest BCUT2D eigenvalue weighted by Gasteiger charge is -2.26. The fraction of sp³-hybridized carbons (Fsp3) is 0.600. The molecule has 1 aromatic carbocycles. The molecule has 28 heavy (non-hydrogen) atoms. The fourth-order valence-corrected chi connectivity index (χ4v) is 4.02. The van der Waals surface area contributed by atoms with Crippen LogP contribution in [0.5, 0.6) is 0 Å². The highest BCUT2D eigenvalue weighted by atomic mass is 16.5. The first-order valence-electron chi connectivity index (χ1n) is 11.1. The molecule has 0 spiro atoms. The van der Waals surface area contributed by atoms with E-state index in [1.54, 1.807) is 7.11 Å². The lowest BCUT2D eigenvalue weighted by molar-refractivity contribution is 0.0519. The van der Waals surface area contributed by atoms with E-state index in [4.69, 9.17) is 9.73 Å². The zero-order chi connectivity index (χ0) is 20.4. The van der Waals surface area contributed by atoms with Gasteiger partial charge in [-0.3, -0.25) is 9.79 Å². The van der Waals surface area contributed by atoms with E-state index in [1.165, 1.54) is 24.8 Å². The van der Waals surface area contributed by atoms with E-state index in [1.807, 2.05) is 26.0 Å². The molecular formula is C25H37NO2. The van der Waals surface area contributed by atoms with Gasteiger partial charge in [0.1, 0.15) is 0 Å². The molecule has 0 amide bonds. The lowest BCUT2D eigenvalue weighted by Crippen LogP contribution is -2.25. The zero-order valence-electron chi connectivity index (χ0n) is 18.2. The van der Waals surface area contributed by atoms with Crippen molar-refractivity contribution in [3.8, 4) is 0 Å². The van der Waals surface area contributed by atoms with Crippen LogP contribution in [-0.4, -0.2) is 24.7 Å². The van der Waals surface area contributed by atoms with Gasteiger partial charge in [-0.15, -0.1) is 0 Å². The van der Waals surface area contributed by atoms with Crippen LogP contribution in [0, 0.1) is 5.92 Å². The Hall–Kier alpha value is -1.74. The molecule has 3 nitrogen and oxygen atoms in total. The number of carbonyl (C=O) groups is 1. The third-order valence-corrected chi connectivity index (χ3v) is 5.69. The van der Waals surface area contributed by atoms with Gasteiger partial charge in [-0.05, 0) is 74.8 Å². The number of hydrogen-bond acceptors (Lipinski definition) is 3. The Morgan fingerprint density at radius 3 is 2.57 bits per heavy atom. The summed E-state index contributed by atoms with van der Waals surface area (Å²) in [5, 5.41) is 0. The van der Waals surface area contributed by atoms with Crippen LogP contribution in [-0.2, 0) is 11.2 Å². The van der Waals surface area contributed by atoms with Crippen molar-refractivity contribution >= 4 is 17.2 Å². The molecule has 0 atom stereocenters. The molecule has 0 radical (unpaired) electrons. The van der Waals surface area contributed by atoms with Crippen LogP contribution in [0.4, 0.5) is 5.69 Å². The van der Waals surface area contributed by atoms with Gasteiger partial charge in [0, 0.05) is 24.3 Å². The summed E-state index contributed by atoms with van der Waals surface area (Å²) in [5.74, 6) is 0.441. The molecule has 1 aromatic rings. The van der Waals surface area contributed by atoms with Crippen molar-refractivity contribution < 1.29 is 9.53 Å². The van der Waals surface area contributed by atoms with Crippen LogP contribution in [0.3, 0.4) is 0 Å². The van der Waals surface area contributed by atoms with E-state index in [9.17, 15) is 4.79 Å². The second-order valence-corrected chi connectivity index (χ2v) is 7.58. The number of ether oxygens (including phenoxy) is 1. The van der Waals surface area contributed by atoms with Gasteiger partial charge in [-0.25, -0.2) is 0 Å². The van der Waals surface area contributed by atoms with E-state index in [0.717, 1.165) is 55.5 Å². The fourth-order valence-electron chi connectivity index (χ4n) is 4.02. The monoisotopic (exact) mass is 383 g/mol. The molecule has 0 saturated heterocycles. The van der Waals surface area contributed by atoms with Gasteiger partial charge in [-0.2, -0.15) is 0 Å². The number of Topliss-reactive ketones (excluding diaryl/α,β-unsaturated/α-hetero) is 1. The number of allylic oxidation sites excluding steroid dienone is 2. The van der Waals surface area contributed by atoms with Crippen molar-refractivity contribution in [2.75, 3.05) is 7.11 Å². The Bertz CT molecular complexity index is 682. The van der Waals surface area contributed by atoms with Gasteiger partial charge in [0.25, 0.3) is 0 Å². The molecule has 1 heterocycles. The number of aliphatic imine (C=N–C) groups is 1. The smallest absolute Gasteiger partial charge is 0.165 e. The normalized spacial score (nSPS) is 21.1. The Balaban J connectivity index is 0.00000136. The third kappa shape index (κ3) is 6.13. The SMILES string of the molecule is CC.CCCCCC1=Nc2ccc(C(=O)C3CCC(OC)CC3)cc2CC=C1. The molecule has 1 saturated carbocycles. The number of rotatable bonds is 7. The van der Waals surface area contributed by atoms with Crippen LogP contribution in [0.1, 0.15) is 88.1 Å². The van der Waals surface area contributed by atoms with Crippen molar-refractivity contribution in [3.05, 3.63) is 41.5 Å². The van der Waals surface area contributed by atoms with Crippen molar-refractivity contribution in [2.45, 2.75) is 84.7 Å². The zero-order valence-corrected chi connectivity index (χ0v) is 18.2. The standard InChI is InChI=1S/C23H31NO2.C2H6/c1-3-4-5-8-20-9-6-7-18-16-19(12-15-22(18)24-20)23(25)17-10-13-21(26-2)14-11-17;1-2/h6,9,12,15-17,21H,3-5,7-8,10-11,13-14H2,1-2H3;1-2H3. The minimum absolute atomic E-state index is 0.147. The molecule has 0 bridgehead atoms. The highest BCUT2D eigenvalue weighted by Gasteiger charge is 2.27. The summed E-state index contributed by atoms with van der Waals surface area (Å²) >= 11 is 0. The van der Waals surface area contributed by atoms with Gasteiger partial charge in [0.15, 0.2) is 5.78 Å². The highest BCUT2D eigenvalue weighted by Crippen LogP contribution is 2.31. The number of nitrogens with zero attached hydrogens (tertiary/aromatic N) is 1. The van der Waals surface area contributed by atoms with Crippen LogP contribution in [0.15, 0.2) is 35.3 Å². The number of fused-ring (bicyclic) bond motifs is 1. The van der Waals surface area contributed by atoms with Crippen LogP contribution >= 0.6 is 0 Å². The maximum Gasteiger partial charge on any atom is 0.165 e. The number of methoxy groups -OCH3 is 1. The molecule has 3 heteroatoms. The van der Waals surface area contributed by atoms with Gasteiger partial charge >= 0.3 is 0 Å². The van der Waals surface area contributed by atoms with E-state index >= 15 is 0 Å². The molecular weight excluding hydrogens is 346 g/mol. The van der Waals surface area contributed by atoms with E-state index < -0.39 is 0 Å². The molecule has 1 aliphatic carbocycles. The van der Waals surface area contributed by atoms with E-state index in [-0.39, 0.29) is 5.92 Å². The van der Waals surface area contributed by atoms with Gasteiger partial charge in [0.2, 0.25) is 0 Å². The number of unbranched alkanes of at least 4 members (excludes halogenated alkanes) is 2. The van der Waals surface area contributed by atoms with Crippen molar-refractivity contribution in [2.24, 2.45) is 10.9 Å². The second kappa shape index (κ2) is 12.0. The number of benzene rings is 1. The number of ketones is 1. The highest BCUT2D eigenvalue weighted by molar-refractivity contribution is 6.00. The summed E-state index contributed by atoms with van der Waals surface area (Å²) in [6.07, 6.45) is 14.1. The third-order valence-electron chi connectivity index (χ3n) is 5.69. The summed E-state index contributed by atoms with van der Waals surface area (Å²) < 4.78 is 5.42. The molecule has 1 fully saturated rings. The van der Waals surface area contributed by atoms with Gasteiger partial charge in [-0.1, -0.05) is 39.7 Å². The Morgan fingerprint density at radius 1 is 1.14 bits per heavy atom. The van der Waals surface area contributed by atoms with Gasteiger partial charge < -0.3 is 4.74 Å². The summed E-state index contributed by atoms with van der Waals surface area (Å²) in [5.41, 5.74) is 4.21. The molecule has 154 valence electrons. The second-order valence-electron chi connectivity index (χ2n) is 7.58. The molecule has 0 aromatic heterocycles. The quantitative estimate of drug-likeness (QED) is 0.381. The topological polar surface area (TPSA) is 38.7 Å². The Morgan fingerprint density at radius 2 is 1.89 bits per heavy atom. The summed E-state index contributed by atoms with van der Waals surface area (Å²) in [4.78, 5) is 17.8. The average Bonchev–Trinajstić information content (AvgIpc) is 2.96. The largest absolute Gasteiger partial charge is 0.381 e. The summed E-state index contributed by atoms with van der Waals surface area (Å²) in [7, 11) is 1.77. The first-order valence-corrected chi connectivity index (χ1v) is 11.1. The van der Waals surface area contributed by atoms with Gasteiger partial charge in [0.05, 0.1) is 11.8 Å². The summed E-state index contributed by atoms with van der Waals surface area (Å²) in [6, 6.07) is 6.08. The van der Waals surface area contributed by atoms with Crippen LogP contribution < -0.4 is 0 Å². The minimum Gasteiger partial charge on any atom is -0.381 e.